The molecule has 1 atom stereocenters. The van der Waals surface area contributed by atoms with E-state index in [2.05, 4.69) is 21.1 Å². The molecule has 0 aliphatic heterocycles. The Balaban J connectivity index is 0.000000288. The van der Waals surface area contributed by atoms with Gasteiger partial charge in [-0.25, -0.2) is 4.21 Å². The van der Waals surface area contributed by atoms with Crippen LogP contribution in [0.25, 0.3) is 0 Å². The van der Waals surface area contributed by atoms with Gasteiger partial charge in [0.05, 0.1) is 10.8 Å². The first-order chi connectivity index (χ1) is 15.9. The summed E-state index contributed by atoms with van der Waals surface area (Å²) in [4.78, 5) is 14.9. The van der Waals surface area contributed by atoms with Crippen molar-refractivity contribution in [3.05, 3.63) is 78.6 Å². The maximum Gasteiger partial charge on any atom is 0.573 e. The molecule has 1 saturated carbocycles. The van der Waals surface area contributed by atoms with E-state index in [0.717, 1.165) is 18.1 Å². The Hall–Kier alpha value is -3.20. The highest BCUT2D eigenvalue weighted by Crippen LogP contribution is 2.39. The number of alkyl halides is 3. The van der Waals surface area contributed by atoms with Crippen LogP contribution in [0.4, 0.5) is 18.9 Å². The van der Waals surface area contributed by atoms with E-state index in [4.69, 9.17) is 0 Å². The third kappa shape index (κ3) is 9.05. The summed E-state index contributed by atoms with van der Waals surface area (Å²) in [6.45, 7) is 4.00. The molecule has 4 rings (SSSR count). The quantitative estimate of drug-likeness (QED) is 0.422. The number of carbonyl (C=O) groups excluding carboxylic acids is 1. The van der Waals surface area contributed by atoms with Gasteiger partial charge in [0, 0.05) is 27.9 Å². The zero-order valence-corrected chi connectivity index (χ0v) is 19.0. The molecule has 1 unspecified atom stereocenters. The van der Waals surface area contributed by atoms with Gasteiger partial charge in [0.2, 0.25) is 6.41 Å². The van der Waals surface area contributed by atoms with Crippen molar-refractivity contribution in [3.8, 4) is 5.75 Å². The van der Waals surface area contributed by atoms with Crippen LogP contribution in [-0.2, 0) is 15.6 Å². The maximum atomic E-state index is 12.3. The van der Waals surface area contributed by atoms with Gasteiger partial charge in [-0.3, -0.25) is 9.78 Å². The minimum absolute atomic E-state index is 0.179. The highest BCUT2D eigenvalue weighted by Gasteiger charge is 2.31. The lowest BCUT2D eigenvalue weighted by molar-refractivity contribution is -0.274. The van der Waals surface area contributed by atoms with E-state index in [9.17, 15) is 22.2 Å². The molecule has 1 aliphatic rings. The Labute approximate surface area is 193 Å². The predicted molar refractivity (Wildman–Crippen MR) is 121 cm³/mol. The third-order valence-corrected chi connectivity index (χ3v) is 5.66. The van der Waals surface area contributed by atoms with Gasteiger partial charge in [-0.1, -0.05) is 26.0 Å². The van der Waals surface area contributed by atoms with E-state index in [1.165, 1.54) is 54.8 Å². The van der Waals surface area contributed by atoms with E-state index >= 15 is 0 Å². The smallest absolute Gasteiger partial charge is 0.406 e. The van der Waals surface area contributed by atoms with Crippen LogP contribution >= 0.6 is 0 Å². The van der Waals surface area contributed by atoms with Crippen molar-refractivity contribution in [1.82, 2.24) is 4.98 Å². The minimum Gasteiger partial charge on any atom is -0.406 e. The number of carbonyl (C=O) groups is 1. The number of pyridine rings is 1. The summed E-state index contributed by atoms with van der Waals surface area (Å²) in [6.07, 6.45) is 2.23. The van der Waals surface area contributed by atoms with Crippen molar-refractivity contribution in [2.24, 2.45) is 0 Å². The molecule has 9 heteroatoms. The summed E-state index contributed by atoms with van der Waals surface area (Å²) in [5.74, 6) is 0.413. The zero-order chi connectivity index (χ0) is 24.3. The Morgan fingerprint density at radius 1 is 1.03 bits per heavy atom. The normalized spacial score (nSPS) is 13.4. The average Bonchev–Trinajstić information content (AvgIpc) is 3.66. The SMILES string of the molecule is CC.O=CNc1ccc(S(=O)c2cccc(OC(F)(F)F)c2)cc1.c1cncc(C2CC2)c1. The first-order valence-electron chi connectivity index (χ1n) is 10.3. The lowest BCUT2D eigenvalue weighted by Crippen LogP contribution is -2.17. The highest BCUT2D eigenvalue weighted by molar-refractivity contribution is 7.85. The molecule has 0 bridgehead atoms. The largest absolute Gasteiger partial charge is 0.573 e. The zero-order valence-electron chi connectivity index (χ0n) is 18.2. The van der Waals surface area contributed by atoms with Crippen LogP contribution in [0, 0.1) is 0 Å². The van der Waals surface area contributed by atoms with Gasteiger partial charge in [-0.2, -0.15) is 0 Å². The number of ether oxygens (including phenoxy) is 1. The lowest BCUT2D eigenvalue weighted by atomic mass is 10.2. The molecule has 2 aromatic carbocycles. The molecule has 1 heterocycles. The van der Waals surface area contributed by atoms with Gasteiger partial charge in [0.15, 0.2) is 0 Å². The second kappa shape index (κ2) is 12.7. The van der Waals surface area contributed by atoms with E-state index < -0.39 is 22.9 Å². The fourth-order valence-electron chi connectivity index (χ4n) is 2.70. The summed E-state index contributed by atoms with van der Waals surface area (Å²) < 4.78 is 52.7. The van der Waals surface area contributed by atoms with Gasteiger partial charge in [0.25, 0.3) is 0 Å². The van der Waals surface area contributed by atoms with Crippen LogP contribution in [0.15, 0.2) is 82.8 Å². The van der Waals surface area contributed by atoms with Crippen molar-refractivity contribution in [2.45, 2.75) is 48.8 Å². The molecular weight excluding hydrogens is 453 g/mol. The Kier molecular flexibility index (Phi) is 10.1. The van der Waals surface area contributed by atoms with Crippen LogP contribution in [0.5, 0.6) is 5.75 Å². The van der Waals surface area contributed by atoms with Crippen molar-refractivity contribution in [1.29, 1.82) is 0 Å². The highest BCUT2D eigenvalue weighted by atomic mass is 32.2. The van der Waals surface area contributed by atoms with Gasteiger partial charge < -0.3 is 10.1 Å². The monoisotopic (exact) mass is 478 g/mol. The first-order valence-corrected chi connectivity index (χ1v) is 11.5. The fourth-order valence-corrected chi connectivity index (χ4v) is 3.78. The molecule has 1 N–H and O–H groups in total. The number of aromatic nitrogens is 1. The van der Waals surface area contributed by atoms with Crippen molar-refractivity contribution in [3.63, 3.8) is 0 Å². The van der Waals surface area contributed by atoms with Gasteiger partial charge in [-0.15, -0.1) is 13.2 Å². The molecule has 1 aliphatic carbocycles. The first kappa shape index (κ1) is 26.1. The summed E-state index contributed by atoms with van der Waals surface area (Å²) in [5, 5.41) is 2.42. The van der Waals surface area contributed by atoms with Crippen LogP contribution in [0.1, 0.15) is 38.2 Å². The molecule has 0 spiro atoms. The summed E-state index contributed by atoms with van der Waals surface area (Å²) in [7, 11) is -1.66. The molecule has 33 heavy (non-hydrogen) atoms. The van der Waals surface area contributed by atoms with Gasteiger partial charge in [0.1, 0.15) is 5.75 Å². The number of benzene rings is 2. The topological polar surface area (TPSA) is 68.3 Å². The number of anilines is 1. The molecular formula is C24H25F3N2O3S. The van der Waals surface area contributed by atoms with Gasteiger partial charge in [-0.05, 0) is 72.9 Å². The Bertz CT molecular complexity index is 1030. The second-order valence-corrected chi connectivity index (χ2v) is 8.12. The van der Waals surface area contributed by atoms with E-state index in [0.29, 0.717) is 17.0 Å². The van der Waals surface area contributed by atoms with Gasteiger partial charge >= 0.3 is 6.36 Å². The van der Waals surface area contributed by atoms with Crippen LogP contribution < -0.4 is 10.1 Å². The average molecular weight is 479 g/mol. The second-order valence-electron chi connectivity index (χ2n) is 6.64. The lowest BCUT2D eigenvalue weighted by Gasteiger charge is -2.10. The summed E-state index contributed by atoms with van der Waals surface area (Å²) in [6, 6.07) is 15.2. The maximum absolute atomic E-state index is 12.3. The number of hydrogen-bond donors (Lipinski definition) is 1. The minimum atomic E-state index is -4.80. The molecule has 176 valence electrons. The number of nitrogens with one attached hydrogen (secondary N) is 1. The number of hydrogen-bond acceptors (Lipinski definition) is 4. The van der Waals surface area contributed by atoms with Crippen LogP contribution in [0.3, 0.4) is 0 Å². The number of nitrogens with zero attached hydrogens (tertiary/aromatic N) is 1. The van der Waals surface area contributed by atoms with E-state index in [1.807, 2.05) is 32.3 Å². The molecule has 1 amide bonds. The summed E-state index contributed by atoms with van der Waals surface area (Å²) >= 11 is 0. The van der Waals surface area contributed by atoms with Crippen molar-refractivity contribution < 1.29 is 26.9 Å². The molecule has 0 radical (unpaired) electrons. The molecule has 5 nitrogen and oxygen atoms in total. The van der Waals surface area contributed by atoms with Crippen LogP contribution in [0.2, 0.25) is 0 Å². The number of rotatable bonds is 6. The summed E-state index contributed by atoms with van der Waals surface area (Å²) in [5.41, 5.74) is 1.93. The molecule has 3 aromatic rings. The van der Waals surface area contributed by atoms with Crippen LogP contribution in [-0.4, -0.2) is 22.0 Å². The van der Waals surface area contributed by atoms with E-state index in [1.54, 1.807) is 0 Å². The molecule has 0 saturated heterocycles. The molecule has 1 aromatic heterocycles. The standard InChI is InChI=1S/C14H10F3NO3S.C8H9N.C2H6/c15-14(16,17)21-11-2-1-3-13(8-11)22(20)12-6-4-10(5-7-12)18-9-19;1-2-8(6-9-5-1)7-3-4-7;1-2/h1-9H,(H,18,19);1-2,5-7H,3-4H2;1-2H3. The Morgan fingerprint density at radius 2 is 1.73 bits per heavy atom. The Morgan fingerprint density at radius 3 is 2.27 bits per heavy atom. The van der Waals surface area contributed by atoms with Crippen molar-refractivity contribution in [2.75, 3.05) is 5.32 Å². The number of halogens is 3. The fraction of sp³-hybridized carbons (Fsp3) is 0.250. The van der Waals surface area contributed by atoms with Crippen molar-refractivity contribution >= 4 is 22.9 Å². The third-order valence-electron chi connectivity index (χ3n) is 4.28. The number of amides is 1. The molecule has 1 fully saturated rings. The van der Waals surface area contributed by atoms with E-state index in [-0.39, 0.29) is 4.90 Å². The predicted octanol–water partition coefficient (Wildman–Crippen LogP) is 6.31.